The van der Waals surface area contributed by atoms with Gasteiger partial charge in [-0.1, -0.05) is 0 Å². The molecule has 0 aromatic heterocycles. The zero-order valence-electron chi connectivity index (χ0n) is 8.16. The number of benzene rings is 1. The highest BCUT2D eigenvalue weighted by molar-refractivity contribution is 6.19. The van der Waals surface area contributed by atoms with Crippen LogP contribution in [-0.2, 0) is 0 Å². The van der Waals surface area contributed by atoms with E-state index in [1.165, 1.54) is 0 Å². The van der Waals surface area contributed by atoms with Gasteiger partial charge in [0.1, 0.15) is 13.2 Å². The summed E-state index contributed by atoms with van der Waals surface area (Å²) >= 11 is 5.51. The second-order valence-electron chi connectivity index (χ2n) is 3.22. The van der Waals surface area contributed by atoms with Crippen molar-refractivity contribution in [2.75, 3.05) is 19.1 Å². The van der Waals surface area contributed by atoms with Crippen molar-refractivity contribution < 1.29 is 14.3 Å². The first-order valence-corrected chi connectivity index (χ1v) is 5.33. The SMILES string of the molecule is O=C(CCCl)c1ccc2c(c1)OCCO2. The molecule has 4 heteroatoms. The molecule has 0 spiro atoms. The predicted molar refractivity (Wildman–Crippen MR) is 57.1 cm³/mol. The van der Waals surface area contributed by atoms with Crippen molar-refractivity contribution in [1.82, 2.24) is 0 Å². The summed E-state index contributed by atoms with van der Waals surface area (Å²) < 4.78 is 10.7. The molecule has 0 radical (unpaired) electrons. The van der Waals surface area contributed by atoms with Crippen molar-refractivity contribution in [3.05, 3.63) is 23.8 Å². The van der Waals surface area contributed by atoms with Gasteiger partial charge in [-0.3, -0.25) is 4.79 Å². The van der Waals surface area contributed by atoms with Crippen LogP contribution in [0.3, 0.4) is 0 Å². The number of halogens is 1. The van der Waals surface area contributed by atoms with E-state index in [-0.39, 0.29) is 5.78 Å². The van der Waals surface area contributed by atoms with Gasteiger partial charge in [0.2, 0.25) is 0 Å². The Morgan fingerprint density at radius 1 is 1.27 bits per heavy atom. The fourth-order valence-electron chi connectivity index (χ4n) is 1.45. The highest BCUT2D eigenvalue weighted by Gasteiger charge is 2.14. The zero-order chi connectivity index (χ0) is 10.7. The zero-order valence-corrected chi connectivity index (χ0v) is 8.92. The third-order valence-electron chi connectivity index (χ3n) is 2.19. The lowest BCUT2D eigenvalue weighted by Crippen LogP contribution is -2.15. The summed E-state index contributed by atoms with van der Waals surface area (Å²) in [7, 11) is 0. The lowest BCUT2D eigenvalue weighted by Gasteiger charge is -2.18. The maximum Gasteiger partial charge on any atom is 0.164 e. The smallest absolute Gasteiger partial charge is 0.164 e. The average molecular weight is 227 g/mol. The van der Waals surface area contributed by atoms with Gasteiger partial charge in [0.05, 0.1) is 0 Å². The minimum atomic E-state index is 0.0296. The Morgan fingerprint density at radius 3 is 2.73 bits per heavy atom. The first-order chi connectivity index (χ1) is 7.31. The van der Waals surface area contributed by atoms with E-state index < -0.39 is 0 Å². The fourth-order valence-corrected chi connectivity index (χ4v) is 1.62. The number of ketones is 1. The van der Waals surface area contributed by atoms with Crippen LogP contribution >= 0.6 is 11.6 Å². The van der Waals surface area contributed by atoms with Gasteiger partial charge < -0.3 is 9.47 Å². The highest BCUT2D eigenvalue weighted by Crippen LogP contribution is 2.31. The van der Waals surface area contributed by atoms with Gasteiger partial charge in [0.25, 0.3) is 0 Å². The lowest BCUT2D eigenvalue weighted by atomic mass is 10.1. The Bertz CT molecular complexity index is 376. The maximum absolute atomic E-state index is 11.5. The predicted octanol–water partition coefficient (Wildman–Crippen LogP) is 2.27. The second kappa shape index (κ2) is 4.53. The lowest BCUT2D eigenvalue weighted by molar-refractivity contribution is 0.0988. The summed E-state index contributed by atoms with van der Waals surface area (Å²) in [5, 5.41) is 0. The number of hydrogen-bond acceptors (Lipinski definition) is 3. The van der Waals surface area contributed by atoms with Gasteiger partial charge in [-0.05, 0) is 18.2 Å². The third-order valence-corrected chi connectivity index (χ3v) is 2.37. The molecule has 0 amide bonds. The molecular weight excluding hydrogens is 216 g/mol. The van der Waals surface area contributed by atoms with Crippen LogP contribution in [0, 0.1) is 0 Å². The van der Waals surface area contributed by atoms with E-state index in [9.17, 15) is 4.79 Å². The molecule has 0 aliphatic carbocycles. The normalized spacial score (nSPS) is 13.7. The molecule has 15 heavy (non-hydrogen) atoms. The monoisotopic (exact) mass is 226 g/mol. The molecule has 1 aliphatic rings. The molecular formula is C11H11ClO3. The van der Waals surface area contributed by atoms with Crippen molar-refractivity contribution in [2.24, 2.45) is 0 Å². The number of rotatable bonds is 3. The van der Waals surface area contributed by atoms with E-state index in [2.05, 4.69) is 0 Å². The van der Waals surface area contributed by atoms with Gasteiger partial charge in [-0.15, -0.1) is 11.6 Å². The third kappa shape index (κ3) is 2.23. The van der Waals surface area contributed by atoms with E-state index in [1.807, 2.05) is 0 Å². The quantitative estimate of drug-likeness (QED) is 0.586. The molecule has 0 fully saturated rings. The van der Waals surface area contributed by atoms with Crippen LogP contribution in [0.4, 0.5) is 0 Å². The molecule has 1 aromatic rings. The number of Topliss-reactive ketones (excluding diaryl/α,β-unsaturated/α-hetero) is 1. The van der Waals surface area contributed by atoms with E-state index in [4.69, 9.17) is 21.1 Å². The first kappa shape index (κ1) is 10.3. The van der Waals surface area contributed by atoms with Crippen LogP contribution in [0.1, 0.15) is 16.8 Å². The summed E-state index contributed by atoms with van der Waals surface area (Å²) in [5.41, 5.74) is 0.625. The van der Waals surface area contributed by atoms with Gasteiger partial charge in [-0.25, -0.2) is 0 Å². The van der Waals surface area contributed by atoms with Crippen LogP contribution in [0.2, 0.25) is 0 Å². The molecule has 1 aliphatic heterocycles. The Hall–Kier alpha value is -1.22. The topological polar surface area (TPSA) is 35.5 Å². The Morgan fingerprint density at radius 2 is 2.00 bits per heavy atom. The number of fused-ring (bicyclic) bond motifs is 1. The van der Waals surface area contributed by atoms with Gasteiger partial charge in [0, 0.05) is 17.9 Å². The molecule has 0 saturated heterocycles. The van der Waals surface area contributed by atoms with Crippen molar-refractivity contribution >= 4 is 17.4 Å². The van der Waals surface area contributed by atoms with Crippen molar-refractivity contribution in [1.29, 1.82) is 0 Å². The van der Waals surface area contributed by atoms with E-state index in [0.29, 0.717) is 42.6 Å². The van der Waals surface area contributed by atoms with Crippen LogP contribution in [0.25, 0.3) is 0 Å². The fraction of sp³-hybridized carbons (Fsp3) is 0.364. The van der Waals surface area contributed by atoms with E-state index >= 15 is 0 Å². The van der Waals surface area contributed by atoms with E-state index in [0.717, 1.165) is 0 Å². The minimum Gasteiger partial charge on any atom is -0.486 e. The number of hydrogen-bond donors (Lipinski definition) is 0. The largest absolute Gasteiger partial charge is 0.486 e. The maximum atomic E-state index is 11.5. The van der Waals surface area contributed by atoms with Crippen LogP contribution in [-0.4, -0.2) is 24.9 Å². The standard InChI is InChI=1S/C11H11ClO3/c12-4-3-9(13)8-1-2-10-11(7-8)15-6-5-14-10/h1-2,7H,3-6H2. The van der Waals surface area contributed by atoms with Gasteiger partial charge >= 0.3 is 0 Å². The summed E-state index contributed by atoms with van der Waals surface area (Å²) in [6.45, 7) is 1.09. The average Bonchev–Trinajstić information content (AvgIpc) is 2.29. The Labute approximate surface area is 92.9 Å². The number of alkyl halides is 1. The Kier molecular flexibility index (Phi) is 3.11. The summed E-state index contributed by atoms with van der Waals surface area (Å²) in [4.78, 5) is 11.5. The summed E-state index contributed by atoms with van der Waals surface area (Å²) in [5.74, 6) is 1.71. The molecule has 0 saturated carbocycles. The minimum absolute atomic E-state index is 0.0296. The Balaban J connectivity index is 2.24. The van der Waals surface area contributed by atoms with Crippen LogP contribution in [0.15, 0.2) is 18.2 Å². The number of carbonyl (C=O) groups is 1. The molecule has 1 aromatic carbocycles. The molecule has 1 heterocycles. The first-order valence-electron chi connectivity index (χ1n) is 4.80. The summed E-state index contributed by atoms with van der Waals surface area (Å²) in [6.07, 6.45) is 0.348. The van der Waals surface area contributed by atoms with Crippen molar-refractivity contribution in [2.45, 2.75) is 6.42 Å². The number of carbonyl (C=O) groups excluding carboxylic acids is 1. The van der Waals surface area contributed by atoms with Gasteiger partial charge in [-0.2, -0.15) is 0 Å². The molecule has 0 unspecified atom stereocenters. The van der Waals surface area contributed by atoms with Crippen LogP contribution < -0.4 is 9.47 Å². The molecule has 3 nitrogen and oxygen atoms in total. The van der Waals surface area contributed by atoms with Crippen molar-refractivity contribution in [3.63, 3.8) is 0 Å². The molecule has 0 bridgehead atoms. The number of ether oxygens (including phenoxy) is 2. The molecule has 2 rings (SSSR count). The molecule has 0 N–H and O–H groups in total. The molecule has 80 valence electrons. The van der Waals surface area contributed by atoms with Crippen LogP contribution in [0.5, 0.6) is 11.5 Å². The van der Waals surface area contributed by atoms with E-state index in [1.54, 1.807) is 18.2 Å². The molecule has 0 atom stereocenters. The van der Waals surface area contributed by atoms with Gasteiger partial charge in [0.15, 0.2) is 17.3 Å². The van der Waals surface area contributed by atoms with Crippen molar-refractivity contribution in [3.8, 4) is 11.5 Å². The summed E-state index contributed by atoms with van der Waals surface area (Å²) in [6, 6.07) is 5.21. The highest BCUT2D eigenvalue weighted by atomic mass is 35.5. The second-order valence-corrected chi connectivity index (χ2v) is 3.60.